The Morgan fingerprint density at radius 1 is 0.780 bits per heavy atom. The molecule has 3 aliphatic rings. The van der Waals surface area contributed by atoms with E-state index in [1.165, 1.54) is 4.70 Å². The number of ether oxygens (including phenoxy) is 4. The van der Waals surface area contributed by atoms with Gasteiger partial charge in [0.05, 0.1) is 54.9 Å². The summed E-state index contributed by atoms with van der Waals surface area (Å²) in [7, 11) is 3.31. The average Bonchev–Trinajstić information content (AvgIpc) is 3.79. The first-order valence-corrected chi connectivity index (χ1v) is 18.7. The number of thiazole rings is 1. The molecule has 0 bridgehead atoms. The molecule has 2 saturated heterocycles. The standard InChI is InChI=1S/C39H47N5O5S/c1-46-34-24-28(38-41-31-11-3-4-12-37(31)50-38)13-14-33(34)48-22-7-5-15-42-18-20-43(21-19-42)16-6-8-23-49-36-26-32-30(25-35(36)47-2)39(45)44-17-9-10-29(44)27-40-32/h3-4,11-14,24-27,29H,5-10,15-23H2,1-2H3. The Kier molecular flexibility index (Phi) is 11.1. The number of fused-ring (bicyclic) bond motifs is 3. The molecule has 3 aromatic carbocycles. The predicted molar refractivity (Wildman–Crippen MR) is 199 cm³/mol. The van der Waals surface area contributed by atoms with Crippen molar-refractivity contribution in [3.05, 3.63) is 60.2 Å². The summed E-state index contributed by atoms with van der Waals surface area (Å²) in [6.45, 7) is 8.60. The van der Waals surface area contributed by atoms with Gasteiger partial charge in [0, 0.05) is 50.6 Å². The second-order valence-corrected chi connectivity index (χ2v) is 14.2. The van der Waals surface area contributed by atoms with Gasteiger partial charge in [0.1, 0.15) is 5.01 Å². The summed E-state index contributed by atoms with van der Waals surface area (Å²) >= 11 is 1.69. The van der Waals surface area contributed by atoms with E-state index in [0.717, 1.165) is 112 Å². The molecule has 7 rings (SSSR count). The minimum absolute atomic E-state index is 0.0271. The molecule has 1 unspecified atom stereocenters. The van der Waals surface area contributed by atoms with Crippen LogP contribution in [-0.4, -0.2) is 111 Å². The zero-order valence-electron chi connectivity index (χ0n) is 29.1. The Balaban J connectivity index is 0.779. The van der Waals surface area contributed by atoms with Crippen LogP contribution in [0.5, 0.6) is 23.0 Å². The van der Waals surface area contributed by atoms with Gasteiger partial charge in [-0.05, 0) is 88.0 Å². The first kappa shape index (κ1) is 34.3. The number of unbranched alkanes of at least 4 members (excludes halogenated alkanes) is 2. The van der Waals surface area contributed by atoms with Crippen LogP contribution in [0.3, 0.4) is 0 Å². The van der Waals surface area contributed by atoms with Crippen molar-refractivity contribution < 1.29 is 23.7 Å². The summed E-state index contributed by atoms with van der Waals surface area (Å²) in [5.74, 6) is 2.78. The number of aromatic nitrogens is 1. The maximum absolute atomic E-state index is 13.1. The topological polar surface area (TPSA) is 89.0 Å². The van der Waals surface area contributed by atoms with E-state index >= 15 is 0 Å². The number of para-hydroxylation sites is 1. The minimum atomic E-state index is 0.0271. The number of amides is 1. The number of carbonyl (C=O) groups is 1. The lowest BCUT2D eigenvalue weighted by Gasteiger charge is -2.34. The van der Waals surface area contributed by atoms with Crippen LogP contribution in [0.1, 0.15) is 48.9 Å². The van der Waals surface area contributed by atoms with Crippen LogP contribution in [0.2, 0.25) is 0 Å². The van der Waals surface area contributed by atoms with Gasteiger partial charge >= 0.3 is 0 Å². The Labute approximate surface area is 298 Å². The summed E-state index contributed by atoms with van der Waals surface area (Å²) in [4.78, 5) is 29.6. The van der Waals surface area contributed by atoms with Crippen molar-refractivity contribution in [1.29, 1.82) is 0 Å². The first-order chi connectivity index (χ1) is 24.6. The number of benzene rings is 3. The van der Waals surface area contributed by atoms with Crippen LogP contribution in [0.25, 0.3) is 20.8 Å². The van der Waals surface area contributed by atoms with Gasteiger partial charge in [-0.15, -0.1) is 11.3 Å². The zero-order valence-corrected chi connectivity index (χ0v) is 30.0. The van der Waals surface area contributed by atoms with E-state index < -0.39 is 0 Å². The Morgan fingerprint density at radius 3 is 2.20 bits per heavy atom. The maximum atomic E-state index is 13.1. The highest BCUT2D eigenvalue weighted by atomic mass is 32.1. The zero-order chi connectivity index (χ0) is 34.3. The van der Waals surface area contributed by atoms with Crippen LogP contribution >= 0.6 is 11.3 Å². The molecule has 1 atom stereocenters. The number of aliphatic imine (C=N–C) groups is 1. The molecule has 0 saturated carbocycles. The first-order valence-electron chi connectivity index (χ1n) is 17.9. The average molecular weight is 698 g/mol. The van der Waals surface area contributed by atoms with Crippen LogP contribution < -0.4 is 18.9 Å². The summed E-state index contributed by atoms with van der Waals surface area (Å²) < 4.78 is 24.7. The molecule has 4 heterocycles. The third-order valence-corrected chi connectivity index (χ3v) is 11.0. The monoisotopic (exact) mass is 697 g/mol. The van der Waals surface area contributed by atoms with E-state index in [4.69, 9.17) is 23.9 Å². The Bertz CT molecular complexity index is 1770. The fraction of sp³-hybridized carbons (Fsp3) is 0.462. The fourth-order valence-corrected chi connectivity index (χ4v) is 7.97. The largest absolute Gasteiger partial charge is 0.493 e. The van der Waals surface area contributed by atoms with E-state index in [-0.39, 0.29) is 11.9 Å². The molecular weight excluding hydrogens is 651 g/mol. The summed E-state index contributed by atoms with van der Waals surface area (Å²) in [5.41, 5.74) is 3.31. The third-order valence-electron chi connectivity index (χ3n) is 9.88. The Morgan fingerprint density at radius 2 is 1.48 bits per heavy atom. The quantitative estimate of drug-likeness (QED) is 0.124. The van der Waals surface area contributed by atoms with Gasteiger partial charge in [0.15, 0.2) is 23.0 Å². The summed E-state index contributed by atoms with van der Waals surface area (Å²) in [6, 6.07) is 18.0. The molecule has 1 amide bonds. The van der Waals surface area contributed by atoms with Gasteiger partial charge in [-0.3, -0.25) is 9.79 Å². The molecule has 50 heavy (non-hydrogen) atoms. The molecule has 0 N–H and O–H groups in total. The van der Waals surface area contributed by atoms with Crippen molar-refractivity contribution in [2.75, 3.05) is 73.2 Å². The van der Waals surface area contributed by atoms with Crippen molar-refractivity contribution in [3.63, 3.8) is 0 Å². The minimum Gasteiger partial charge on any atom is -0.493 e. The number of nitrogens with zero attached hydrogens (tertiary/aromatic N) is 5. The highest BCUT2D eigenvalue weighted by Crippen LogP contribution is 2.39. The summed E-state index contributed by atoms with van der Waals surface area (Å²) in [6.07, 6.45) is 8.02. The van der Waals surface area contributed by atoms with Crippen molar-refractivity contribution in [2.24, 2.45) is 4.99 Å². The van der Waals surface area contributed by atoms with Crippen molar-refractivity contribution in [3.8, 4) is 33.6 Å². The lowest BCUT2D eigenvalue weighted by Crippen LogP contribution is -2.46. The molecular formula is C39H47N5O5S. The molecule has 0 radical (unpaired) electrons. The lowest BCUT2D eigenvalue weighted by atomic mass is 10.1. The number of piperazine rings is 1. The van der Waals surface area contributed by atoms with Crippen LogP contribution in [0.4, 0.5) is 5.69 Å². The van der Waals surface area contributed by atoms with E-state index in [1.54, 1.807) is 31.6 Å². The molecule has 0 aliphatic carbocycles. The van der Waals surface area contributed by atoms with E-state index in [0.29, 0.717) is 36.0 Å². The third kappa shape index (κ3) is 7.90. The van der Waals surface area contributed by atoms with Crippen LogP contribution in [0.15, 0.2) is 59.6 Å². The van der Waals surface area contributed by atoms with Crippen molar-refractivity contribution >= 4 is 39.4 Å². The molecule has 2 fully saturated rings. The van der Waals surface area contributed by atoms with Gasteiger partial charge in [-0.1, -0.05) is 12.1 Å². The molecule has 10 nitrogen and oxygen atoms in total. The molecule has 11 heteroatoms. The molecule has 3 aliphatic heterocycles. The number of rotatable bonds is 15. The van der Waals surface area contributed by atoms with Crippen molar-refractivity contribution in [1.82, 2.24) is 19.7 Å². The van der Waals surface area contributed by atoms with Crippen molar-refractivity contribution in [2.45, 2.75) is 44.6 Å². The van der Waals surface area contributed by atoms with E-state index in [2.05, 4.69) is 26.9 Å². The maximum Gasteiger partial charge on any atom is 0.256 e. The highest BCUT2D eigenvalue weighted by molar-refractivity contribution is 7.21. The van der Waals surface area contributed by atoms with E-state index in [1.807, 2.05) is 47.5 Å². The van der Waals surface area contributed by atoms with Gasteiger partial charge in [0.25, 0.3) is 5.91 Å². The van der Waals surface area contributed by atoms with Gasteiger partial charge in [-0.25, -0.2) is 4.98 Å². The lowest BCUT2D eigenvalue weighted by molar-refractivity contribution is 0.0774. The second-order valence-electron chi connectivity index (χ2n) is 13.2. The molecule has 4 aromatic rings. The molecule has 0 spiro atoms. The fourth-order valence-electron chi connectivity index (χ4n) is 7.01. The highest BCUT2D eigenvalue weighted by Gasteiger charge is 2.32. The van der Waals surface area contributed by atoms with Crippen LogP contribution in [0, 0.1) is 0 Å². The van der Waals surface area contributed by atoms with E-state index in [9.17, 15) is 4.79 Å². The number of carbonyl (C=O) groups excluding carboxylic acids is 1. The Hall–Kier alpha value is -4.19. The number of methoxy groups -OCH3 is 2. The molecule has 1 aromatic heterocycles. The smallest absolute Gasteiger partial charge is 0.256 e. The number of hydrogen-bond donors (Lipinski definition) is 0. The van der Waals surface area contributed by atoms with Crippen LogP contribution in [-0.2, 0) is 0 Å². The number of hydrogen-bond acceptors (Lipinski definition) is 10. The SMILES string of the molecule is COc1cc(-c2nc3ccccc3s2)ccc1OCCCCN1CCN(CCCCOc2cc3c(cc2OC)C(=O)N2CCCC2C=N3)CC1. The second kappa shape index (κ2) is 16.2. The summed E-state index contributed by atoms with van der Waals surface area (Å²) in [5, 5.41) is 0.985. The van der Waals surface area contributed by atoms with Gasteiger partial charge in [-0.2, -0.15) is 0 Å². The predicted octanol–water partition coefficient (Wildman–Crippen LogP) is 6.94. The van der Waals surface area contributed by atoms with Gasteiger partial charge < -0.3 is 33.6 Å². The molecule has 264 valence electrons. The normalized spacial score (nSPS) is 17.8. The van der Waals surface area contributed by atoms with Gasteiger partial charge in [0.2, 0.25) is 0 Å².